The van der Waals surface area contributed by atoms with E-state index in [4.69, 9.17) is 16.6 Å². The van der Waals surface area contributed by atoms with Crippen LogP contribution in [0.1, 0.15) is 27.7 Å². The van der Waals surface area contributed by atoms with E-state index in [1.807, 2.05) is 49.4 Å². The minimum atomic E-state index is 0.473. The maximum Gasteiger partial charge on any atom is 0.160 e. The Morgan fingerprint density at radius 3 is 2.66 bits per heavy atom. The second kappa shape index (κ2) is 7.46. The Morgan fingerprint density at radius 1 is 1.03 bits per heavy atom. The molecular weight excluding hydrogens is 402 g/mol. The number of anilines is 1. The van der Waals surface area contributed by atoms with Crippen LogP contribution < -0.4 is 5.32 Å². The molecule has 0 radical (unpaired) electrons. The van der Waals surface area contributed by atoms with Gasteiger partial charge in [0.2, 0.25) is 0 Å². The van der Waals surface area contributed by atoms with Crippen LogP contribution in [-0.2, 0) is 13.1 Å². The Balaban J connectivity index is 1.59. The molecule has 5 rings (SSSR count). The molecule has 7 heteroatoms. The summed E-state index contributed by atoms with van der Waals surface area (Å²) in [5.74, 6) is 1.71. The predicted molar refractivity (Wildman–Crippen MR) is 119 cm³/mol. The summed E-state index contributed by atoms with van der Waals surface area (Å²) in [7, 11) is 0. The molecule has 0 unspecified atom stereocenters. The van der Waals surface area contributed by atoms with E-state index in [0.29, 0.717) is 11.6 Å². The maximum absolute atomic E-state index is 6.52. The predicted octanol–water partition coefficient (Wildman–Crippen LogP) is 5.25. The van der Waals surface area contributed by atoms with Crippen molar-refractivity contribution in [3.63, 3.8) is 0 Å². The lowest BCUT2D eigenvalue weighted by atomic mass is 10.0. The third kappa shape index (κ3) is 3.34. The van der Waals surface area contributed by atoms with Crippen molar-refractivity contribution in [3.8, 4) is 5.00 Å². The molecule has 0 bridgehead atoms. The summed E-state index contributed by atoms with van der Waals surface area (Å²) in [6, 6.07) is 20.3. The van der Waals surface area contributed by atoms with Gasteiger partial charge in [-0.1, -0.05) is 48.0 Å². The maximum atomic E-state index is 6.52. The Labute approximate surface area is 177 Å². The molecule has 0 spiro atoms. The Bertz CT molecular complexity index is 1210. The van der Waals surface area contributed by atoms with Gasteiger partial charge in [-0.15, -0.1) is 21.5 Å². The molecular formula is C22H18ClN5S. The summed E-state index contributed by atoms with van der Waals surface area (Å²) < 4.78 is 2.11. The lowest BCUT2D eigenvalue weighted by Crippen LogP contribution is -2.05. The zero-order chi connectivity index (χ0) is 19.8. The van der Waals surface area contributed by atoms with Gasteiger partial charge in [-0.25, -0.2) is 0 Å². The van der Waals surface area contributed by atoms with Crippen LogP contribution in [0.4, 0.5) is 5.69 Å². The van der Waals surface area contributed by atoms with Gasteiger partial charge in [0.25, 0.3) is 0 Å². The Morgan fingerprint density at radius 2 is 1.83 bits per heavy atom. The molecule has 5 nitrogen and oxygen atoms in total. The molecule has 1 aliphatic rings. The van der Waals surface area contributed by atoms with E-state index < -0.39 is 0 Å². The number of aromatic nitrogens is 3. The number of fused-ring (bicyclic) bond motifs is 3. The van der Waals surface area contributed by atoms with Gasteiger partial charge in [0.15, 0.2) is 5.82 Å². The fourth-order valence-corrected chi connectivity index (χ4v) is 4.88. The van der Waals surface area contributed by atoms with E-state index in [-0.39, 0.29) is 0 Å². The van der Waals surface area contributed by atoms with Crippen molar-refractivity contribution in [2.45, 2.75) is 20.0 Å². The van der Waals surface area contributed by atoms with Gasteiger partial charge in [-0.3, -0.25) is 9.56 Å². The van der Waals surface area contributed by atoms with Crippen LogP contribution in [0.25, 0.3) is 5.00 Å². The van der Waals surface area contributed by atoms with E-state index in [1.54, 1.807) is 11.3 Å². The first-order chi connectivity index (χ1) is 14.2. The molecule has 2 aromatic heterocycles. The van der Waals surface area contributed by atoms with E-state index in [2.05, 4.69) is 38.3 Å². The summed E-state index contributed by atoms with van der Waals surface area (Å²) in [5, 5.41) is 13.9. The van der Waals surface area contributed by atoms with Gasteiger partial charge < -0.3 is 5.32 Å². The molecule has 0 saturated heterocycles. The summed E-state index contributed by atoms with van der Waals surface area (Å²) in [6.07, 6.45) is 0. The van der Waals surface area contributed by atoms with Crippen LogP contribution in [0.3, 0.4) is 0 Å². The number of nitrogens with zero attached hydrogens (tertiary/aromatic N) is 4. The highest BCUT2D eigenvalue weighted by Gasteiger charge is 2.25. The van der Waals surface area contributed by atoms with Crippen LogP contribution in [0.2, 0.25) is 5.02 Å². The number of para-hydroxylation sites is 1. The lowest BCUT2D eigenvalue weighted by Gasteiger charge is -2.08. The lowest BCUT2D eigenvalue weighted by molar-refractivity contribution is 0.869. The first-order valence-corrected chi connectivity index (χ1v) is 10.5. The van der Waals surface area contributed by atoms with Gasteiger partial charge in [-0.2, -0.15) is 0 Å². The van der Waals surface area contributed by atoms with Crippen LogP contribution >= 0.6 is 22.9 Å². The molecule has 0 atom stereocenters. The number of nitrogens with one attached hydrogen (secondary N) is 1. The van der Waals surface area contributed by atoms with E-state index in [1.165, 1.54) is 4.88 Å². The number of thiophene rings is 1. The highest BCUT2D eigenvalue weighted by molar-refractivity contribution is 7.15. The number of rotatable bonds is 4. The average Bonchev–Trinajstić information content (AvgIpc) is 3.28. The van der Waals surface area contributed by atoms with E-state index >= 15 is 0 Å². The van der Waals surface area contributed by atoms with Crippen molar-refractivity contribution in [1.29, 1.82) is 0 Å². The Kier molecular flexibility index (Phi) is 4.66. The molecule has 2 aromatic carbocycles. The Hall–Kier alpha value is -2.96. The van der Waals surface area contributed by atoms with E-state index in [0.717, 1.165) is 45.7 Å². The number of hydrogen-bond acceptors (Lipinski definition) is 5. The van der Waals surface area contributed by atoms with Gasteiger partial charge in [0.05, 0.1) is 5.71 Å². The summed E-state index contributed by atoms with van der Waals surface area (Å²) in [4.78, 5) is 6.08. The summed E-state index contributed by atoms with van der Waals surface area (Å²) >= 11 is 8.25. The fraction of sp³-hybridized carbons (Fsp3) is 0.136. The minimum Gasteiger partial charge on any atom is -0.380 e. The zero-order valence-corrected chi connectivity index (χ0v) is 17.3. The third-order valence-electron chi connectivity index (χ3n) is 4.86. The molecule has 0 amide bonds. The number of benzene rings is 2. The van der Waals surface area contributed by atoms with Gasteiger partial charge >= 0.3 is 0 Å². The number of aliphatic imine (C=N–C) groups is 1. The molecule has 3 heterocycles. The van der Waals surface area contributed by atoms with Crippen LogP contribution in [0, 0.1) is 6.92 Å². The molecule has 1 aliphatic heterocycles. The first-order valence-electron chi connectivity index (χ1n) is 9.33. The molecule has 1 N–H and O–H groups in total. The highest BCUT2D eigenvalue weighted by Crippen LogP contribution is 2.34. The summed E-state index contributed by atoms with van der Waals surface area (Å²) in [6.45, 7) is 3.18. The quantitative estimate of drug-likeness (QED) is 0.491. The average molecular weight is 420 g/mol. The standard InChI is InChI=1S/C22H18ClN5S/c1-14-26-27-20-13-25-21(17-9-5-6-10-19(17)23)18-11-16(29-22(18)28(14)20)12-24-15-7-3-2-4-8-15/h2-11,24H,12-13H2,1H3. The van der Waals surface area contributed by atoms with Gasteiger partial charge in [-0.05, 0) is 31.2 Å². The molecule has 0 aliphatic carbocycles. The largest absolute Gasteiger partial charge is 0.380 e. The number of halogens is 1. The topological polar surface area (TPSA) is 55.1 Å². The molecule has 0 saturated carbocycles. The van der Waals surface area contributed by atoms with Crippen molar-refractivity contribution in [2.75, 3.05) is 5.32 Å². The second-order valence-corrected chi connectivity index (χ2v) is 8.32. The number of aryl methyl sites for hydroxylation is 1. The van der Waals surface area contributed by atoms with E-state index in [9.17, 15) is 0 Å². The first kappa shape index (κ1) is 18.1. The molecule has 4 aromatic rings. The molecule has 144 valence electrons. The van der Waals surface area contributed by atoms with Crippen molar-refractivity contribution in [1.82, 2.24) is 14.8 Å². The fourth-order valence-electron chi connectivity index (χ4n) is 3.49. The van der Waals surface area contributed by atoms with Crippen LogP contribution in [0.5, 0.6) is 0 Å². The van der Waals surface area contributed by atoms with Crippen LogP contribution in [0.15, 0.2) is 65.7 Å². The van der Waals surface area contributed by atoms with Gasteiger partial charge in [0, 0.05) is 33.3 Å². The van der Waals surface area contributed by atoms with Gasteiger partial charge in [0.1, 0.15) is 17.4 Å². The van der Waals surface area contributed by atoms with Crippen LogP contribution in [-0.4, -0.2) is 20.5 Å². The highest BCUT2D eigenvalue weighted by atomic mass is 35.5. The van der Waals surface area contributed by atoms with Crippen molar-refractivity contribution < 1.29 is 0 Å². The van der Waals surface area contributed by atoms with Crippen molar-refractivity contribution >= 4 is 34.3 Å². The number of hydrogen-bond donors (Lipinski definition) is 1. The van der Waals surface area contributed by atoms with Crippen molar-refractivity contribution in [2.24, 2.45) is 4.99 Å². The molecule has 29 heavy (non-hydrogen) atoms. The monoisotopic (exact) mass is 419 g/mol. The minimum absolute atomic E-state index is 0.473. The smallest absolute Gasteiger partial charge is 0.160 e. The zero-order valence-electron chi connectivity index (χ0n) is 15.8. The molecule has 0 fully saturated rings. The third-order valence-corrected chi connectivity index (χ3v) is 6.31. The normalized spacial score (nSPS) is 12.7. The SMILES string of the molecule is Cc1nnc2n1-c1sc(CNc3ccccc3)cc1C(c1ccccc1Cl)=NC2. The second-order valence-electron chi connectivity index (χ2n) is 6.79. The van der Waals surface area contributed by atoms with Crippen molar-refractivity contribution in [3.05, 3.63) is 93.3 Å². The summed E-state index contributed by atoms with van der Waals surface area (Å²) in [5.41, 5.74) is 4.00.